The Balaban J connectivity index is 0.000000190. The van der Waals surface area contributed by atoms with Crippen molar-refractivity contribution in [2.75, 3.05) is 31.5 Å². The normalized spacial score (nSPS) is 11.6. The number of thiazole rings is 2. The number of carbonyl (C=O) groups excluding carboxylic acids is 3. The lowest BCUT2D eigenvalue weighted by Gasteiger charge is -2.19. The van der Waals surface area contributed by atoms with E-state index in [1.807, 2.05) is 41.0 Å². The van der Waals surface area contributed by atoms with Crippen molar-refractivity contribution in [1.82, 2.24) is 39.0 Å². The molecule has 0 aliphatic heterocycles. The highest BCUT2D eigenvalue weighted by atomic mass is 32.1. The minimum absolute atomic E-state index is 0.0856. The molecule has 0 aliphatic carbocycles. The number of carbonyl (C=O) groups is 4. The van der Waals surface area contributed by atoms with E-state index in [9.17, 15) is 24.3 Å². The molecule has 0 saturated carbocycles. The van der Waals surface area contributed by atoms with E-state index in [2.05, 4.69) is 40.5 Å². The maximum absolute atomic E-state index is 13.6. The van der Waals surface area contributed by atoms with Gasteiger partial charge in [0.05, 0.1) is 63.3 Å². The number of methoxy groups -OCH3 is 2. The summed E-state index contributed by atoms with van der Waals surface area (Å²) >= 11 is 3.00. The molecule has 0 fully saturated rings. The number of aromatic carboxylic acids is 1. The van der Waals surface area contributed by atoms with E-state index in [0.29, 0.717) is 56.9 Å². The first-order valence-corrected chi connectivity index (χ1v) is 26.2. The number of nitrogens with zero attached hydrogens (tertiary/aromatic N) is 8. The Morgan fingerprint density at radius 2 is 1.04 bits per heavy atom. The molecule has 0 bridgehead atoms. The predicted molar refractivity (Wildman–Crippen MR) is 299 cm³/mol. The van der Waals surface area contributed by atoms with Crippen molar-refractivity contribution in [1.29, 1.82) is 0 Å². The zero-order valence-electron chi connectivity index (χ0n) is 44.0. The molecule has 8 heterocycles. The van der Waals surface area contributed by atoms with Crippen LogP contribution in [0.15, 0.2) is 109 Å². The number of rotatable bonds is 13. The molecule has 400 valence electrons. The van der Waals surface area contributed by atoms with Crippen LogP contribution in [0.25, 0.3) is 64.5 Å². The number of aromatic nitrogens is 8. The Labute approximate surface area is 455 Å². The van der Waals surface area contributed by atoms with Gasteiger partial charge in [-0.2, -0.15) is 0 Å². The summed E-state index contributed by atoms with van der Waals surface area (Å²) in [6.07, 6.45) is 5.16. The summed E-state index contributed by atoms with van der Waals surface area (Å²) in [5, 5.41) is 17.3. The van der Waals surface area contributed by atoms with Gasteiger partial charge in [-0.3, -0.25) is 10.6 Å². The van der Waals surface area contributed by atoms with Crippen molar-refractivity contribution in [3.8, 4) is 34.0 Å². The Morgan fingerprint density at radius 1 is 0.590 bits per heavy atom. The maximum atomic E-state index is 13.6. The summed E-state index contributed by atoms with van der Waals surface area (Å²) in [5.74, 6) is -0.231. The molecule has 3 N–H and O–H groups in total. The van der Waals surface area contributed by atoms with Crippen LogP contribution in [0.5, 0.6) is 11.8 Å². The number of fused-ring (bicyclic) bond motifs is 4. The SMILES string of the molecule is CCOC(=O)c1c(-c2cccnc2OC)c2cc3scnc3cc2n1Cc1ccnc(NC(=O)OC(C)(C)C)c1.COc1ncccc1-c1c(C(=O)O)n(Cc2ccnc(NC(=O)OC(C)(C)C)c2)c2cc3ncsc3cc12. The van der Waals surface area contributed by atoms with Gasteiger partial charge in [0.15, 0.2) is 0 Å². The van der Waals surface area contributed by atoms with E-state index in [1.165, 1.54) is 29.8 Å². The molecular weight excluding hydrogens is 1040 g/mol. The fraction of sp³-hybridized carbons (Fsp3) is 0.250. The first kappa shape index (κ1) is 53.8. The number of pyridine rings is 4. The average Bonchev–Trinajstić information content (AvgIpc) is 4.34. The number of anilines is 2. The van der Waals surface area contributed by atoms with Crippen molar-refractivity contribution in [3.63, 3.8) is 0 Å². The van der Waals surface area contributed by atoms with Crippen LogP contribution in [0, 0.1) is 0 Å². The van der Waals surface area contributed by atoms with Gasteiger partial charge >= 0.3 is 24.1 Å². The van der Waals surface area contributed by atoms with Crippen molar-refractivity contribution in [2.45, 2.75) is 72.8 Å². The monoisotopic (exact) mass is 1090 g/mol. The van der Waals surface area contributed by atoms with Gasteiger partial charge in [0, 0.05) is 70.9 Å². The first-order chi connectivity index (χ1) is 37.3. The second-order valence-electron chi connectivity index (χ2n) is 19.5. The molecule has 8 aromatic heterocycles. The lowest BCUT2D eigenvalue weighted by Crippen LogP contribution is -2.27. The molecule has 22 heteroatoms. The highest BCUT2D eigenvalue weighted by Crippen LogP contribution is 2.43. The Kier molecular flexibility index (Phi) is 15.4. The molecule has 0 radical (unpaired) electrons. The van der Waals surface area contributed by atoms with Crippen molar-refractivity contribution in [2.24, 2.45) is 0 Å². The van der Waals surface area contributed by atoms with Gasteiger partial charge in [0.25, 0.3) is 0 Å². The van der Waals surface area contributed by atoms with Crippen LogP contribution in [-0.4, -0.2) is 100 Å². The molecule has 10 rings (SSSR count). The number of carboxylic acid groups (broad SMARTS) is 1. The topological polar surface area (TPSA) is 246 Å². The molecule has 2 amide bonds. The first-order valence-electron chi connectivity index (χ1n) is 24.4. The fourth-order valence-electron chi connectivity index (χ4n) is 8.86. The van der Waals surface area contributed by atoms with Crippen LogP contribution in [0.4, 0.5) is 21.2 Å². The standard InChI is InChI=1S/C29H29N5O5S.C27H25N5O5S/c1-6-38-27(35)25-24(18-8-7-10-31-26(18)37-5)19-13-22-20(32-16-40-22)14-21(19)34(25)15-17-9-11-30-23(12-17)33-28(36)39-29(2,3)4;1-27(2,3)37-26(35)31-21-10-15(7-9-28-21)13-32-19-12-18-20(38-14-30-18)11-17(19)22(23(32)25(33)34)16-6-5-8-29-24(16)36-4/h7-14,16H,6,15H2,1-5H3,(H,30,33,36);5-12,14H,13H2,1-4H3,(H,33,34)(H,28,31,35). The third kappa shape index (κ3) is 11.7. The van der Waals surface area contributed by atoms with Gasteiger partial charge in [-0.15, -0.1) is 22.7 Å². The van der Waals surface area contributed by atoms with Gasteiger partial charge < -0.3 is 37.9 Å². The number of ether oxygens (including phenoxy) is 5. The van der Waals surface area contributed by atoms with Gasteiger partial charge in [-0.25, -0.2) is 49.1 Å². The summed E-state index contributed by atoms with van der Waals surface area (Å²) in [4.78, 5) is 77.0. The number of benzene rings is 2. The number of carboxylic acids is 1. The molecule has 0 aliphatic rings. The molecular formula is C56H54N10O10S2. The fourth-order valence-corrected chi connectivity index (χ4v) is 10.3. The average molecular weight is 1090 g/mol. The molecule has 0 spiro atoms. The van der Waals surface area contributed by atoms with Crippen LogP contribution >= 0.6 is 22.7 Å². The van der Waals surface area contributed by atoms with E-state index in [1.54, 1.807) is 132 Å². The highest BCUT2D eigenvalue weighted by molar-refractivity contribution is 7.17. The predicted octanol–water partition coefficient (Wildman–Crippen LogP) is 12.1. The van der Waals surface area contributed by atoms with Crippen molar-refractivity contribution >= 4 is 101 Å². The number of nitrogens with one attached hydrogen (secondary N) is 2. The Morgan fingerprint density at radius 3 is 1.46 bits per heavy atom. The van der Waals surface area contributed by atoms with E-state index in [-0.39, 0.29) is 25.4 Å². The molecule has 0 unspecified atom stereocenters. The van der Waals surface area contributed by atoms with Crippen LogP contribution in [0.1, 0.15) is 80.6 Å². The van der Waals surface area contributed by atoms with Gasteiger partial charge in [-0.05, 0) is 132 Å². The van der Waals surface area contributed by atoms with E-state index in [0.717, 1.165) is 47.8 Å². The van der Waals surface area contributed by atoms with Gasteiger partial charge in [-0.1, -0.05) is 0 Å². The second kappa shape index (κ2) is 22.3. The number of esters is 1. The molecule has 10 aromatic rings. The quantitative estimate of drug-likeness (QED) is 0.0717. The second-order valence-corrected chi connectivity index (χ2v) is 21.3. The molecule has 20 nitrogen and oxygen atoms in total. The lowest BCUT2D eigenvalue weighted by molar-refractivity contribution is 0.0514. The van der Waals surface area contributed by atoms with E-state index < -0.39 is 35.3 Å². The summed E-state index contributed by atoms with van der Waals surface area (Å²) in [6.45, 7) is 13.2. The van der Waals surface area contributed by atoms with Crippen LogP contribution in [-0.2, 0) is 27.3 Å². The minimum Gasteiger partial charge on any atom is -0.481 e. The van der Waals surface area contributed by atoms with E-state index in [4.69, 9.17) is 23.7 Å². The summed E-state index contributed by atoms with van der Waals surface area (Å²) in [6, 6.07) is 22.1. The highest BCUT2D eigenvalue weighted by Gasteiger charge is 2.30. The van der Waals surface area contributed by atoms with E-state index >= 15 is 0 Å². The Bertz CT molecular complexity index is 3910. The maximum Gasteiger partial charge on any atom is 0.413 e. The zero-order chi connectivity index (χ0) is 55.5. The van der Waals surface area contributed by atoms with Gasteiger partial charge in [0.2, 0.25) is 11.8 Å². The van der Waals surface area contributed by atoms with Crippen LogP contribution < -0.4 is 20.1 Å². The van der Waals surface area contributed by atoms with Crippen LogP contribution in [0.2, 0.25) is 0 Å². The molecule has 0 saturated heterocycles. The third-order valence-electron chi connectivity index (χ3n) is 11.8. The molecule has 78 heavy (non-hydrogen) atoms. The van der Waals surface area contributed by atoms with Crippen molar-refractivity contribution < 1.29 is 48.0 Å². The van der Waals surface area contributed by atoms with Gasteiger partial charge in [0.1, 0.15) is 34.2 Å². The zero-order valence-corrected chi connectivity index (χ0v) is 45.7. The lowest BCUT2D eigenvalue weighted by atomic mass is 10.0. The Hall–Kier alpha value is -9.02. The number of hydrogen-bond donors (Lipinski definition) is 3. The summed E-state index contributed by atoms with van der Waals surface area (Å²) in [5.41, 5.74) is 9.70. The third-order valence-corrected chi connectivity index (χ3v) is 13.3. The largest absolute Gasteiger partial charge is 0.481 e. The van der Waals surface area contributed by atoms with Crippen LogP contribution in [0.3, 0.4) is 0 Å². The smallest absolute Gasteiger partial charge is 0.413 e. The van der Waals surface area contributed by atoms with Crippen molar-refractivity contribution in [3.05, 3.63) is 131 Å². The summed E-state index contributed by atoms with van der Waals surface area (Å²) < 4.78 is 32.9. The minimum atomic E-state index is -1.10. The molecule has 2 aromatic carbocycles. The number of amides is 2. The summed E-state index contributed by atoms with van der Waals surface area (Å²) in [7, 11) is 3.05. The number of hydrogen-bond acceptors (Lipinski definition) is 17. The molecule has 0 atom stereocenters.